The van der Waals surface area contributed by atoms with Crippen LogP contribution in [0.3, 0.4) is 0 Å². The number of nitrogens with zero attached hydrogens (tertiary/aromatic N) is 2. The molecule has 0 spiro atoms. The van der Waals surface area contributed by atoms with E-state index in [0.717, 1.165) is 0 Å². The summed E-state index contributed by atoms with van der Waals surface area (Å²) in [6.07, 6.45) is -0.218. The van der Waals surface area contributed by atoms with Gasteiger partial charge in [0.05, 0.1) is 6.61 Å². The molecule has 1 rings (SSSR count). The molecule has 6 nitrogen and oxygen atoms in total. The van der Waals surface area contributed by atoms with Gasteiger partial charge >= 0.3 is 0 Å². The number of aliphatic hydroxyl groups excluding tert-OH is 1. The van der Waals surface area contributed by atoms with E-state index < -0.39 is 6.04 Å². The first-order valence-electron chi connectivity index (χ1n) is 4.19. The molecule has 1 amide bonds. The zero-order valence-electron chi connectivity index (χ0n) is 7.90. The first-order chi connectivity index (χ1) is 6.09. The van der Waals surface area contributed by atoms with Gasteiger partial charge in [-0.2, -0.15) is 0 Å². The standard InChI is InChI=1S/C7H16N4O2/c1-10-6(9-3-4-12)5(8)7(13)11(10)2/h5-6,9,12H,3-4,8H2,1-2H3. The lowest BCUT2D eigenvalue weighted by molar-refractivity contribution is -0.135. The summed E-state index contributed by atoms with van der Waals surface area (Å²) in [6, 6.07) is -0.554. The van der Waals surface area contributed by atoms with Crippen molar-refractivity contribution in [3.05, 3.63) is 0 Å². The van der Waals surface area contributed by atoms with Crippen LogP contribution in [0.1, 0.15) is 0 Å². The minimum absolute atomic E-state index is 0.0367. The molecule has 0 aromatic carbocycles. The van der Waals surface area contributed by atoms with E-state index in [1.165, 1.54) is 5.01 Å². The van der Waals surface area contributed by atoms with Gasteiger partial charge in [-0.25, -0.2) is 5.01 Å². The highest BCUT2D eigenvalue weighted by atomic mass is 16.3. The summed E-state index contributed by atoms with van der Waals surface area (Å²) in [5, 5.41) is 14.8. The number of hydrogen-bond donors (Lipinski definition) is 3. The van der Waals surface area contributed by atoms with Crippen molar-refractivity contribution in [3.8, 4) is 0 Å². The van der Waals surface area contributed by atoms with Crippen molar-refractivity contribution in [2.75, 3.05) is 27.2 Å². The Bertz CT molecular complexity index is 199. The lowest BCUT2D eigenvalue weighted by Gasteiger charge is -2.25. The summed E-state index contributed by atoms with van der Waals surface area (Å²) in [5.74, 6) is -0.113. The molecule has 1 aliphatic rings. The minimum Gasteiger partial charge on any atom is -0.395 e. The predicted molar refractivity (Wildman–Crippen MR) is 47.4 cm³/mol. The van der Waals surface area contributed by atoms with Crippen molar-refractivity contribution in [2.24, 2.45) is 5.73 Å². The molecular weight excluding hydrogens is 172 g/mol. The van der Waals surface area contributed by atoms with Crippen molar-refractivity contribution in [1.82, 2.24) is 15.3 Å². The van der Waals surface area contributed by atoms with Crippen LogP contribution in [-0.4, -0.2) is 60.5 Å². The zero-order valence-corrected chi connectivity index (χ0v) is 7.90. The van der Waals surface area contributed by atoms with Gasteiger partial charge in [-0.3, -0.25) is 15.1 Å². The summed E-state index contributed by atoms with van der Waals surface area (Å²) >= 11 is 0. The van der Waals surface area contributed by atoms with E-state index in [2.05, 4.69) is 5.32 Å². The van der Waals surface area contributed by atoms with Gasteiger partial charge in [-0.15, -0.1) is 0 Å². The highest BCUT2D eigenvalue weighted by Gasteiger charge is 2.39. The number of rotatable bonds is 3. The molecule has 76 valence electrons. The van der Waals surface area contributed by atoms with Crippen LogP contribution in [0.25, 0.3) is 0 Å². The molecule has 1 aliphatic heterocycles. The molecule has 6 heteroatoms. The second kappa shape index (κ2) is 4.01. The van der Waals surface area contributed by atoms with Crippen molar-refractivity contribution in [1.29, 1.82) is 0 Å². The number of amides is 1. The molecule has 0 aliphatic carbocycles. The molecule has 0 aromatic rings. The molecule has 1 fully saturated rings. The third kappa shape index (κ3) is 1.80. The van der Waals surface area contributed by atoms with Crippen molar-refractivity contribution < 1.29 is 9.90 Å². The van der Waals surface area contributed by atoms with Crippen LogP contribution in [0.2, 0.25) is 0 Å². The van der Waals surface area contributed by atoms with E-state index in [-0.39, 0.29) is 18.7 Å². The Morgan fingerprint density at radius 3 is 2.62 bits per heavy atom. The number of carbonyl (C=O) groups excluding carboxylic acids is 1. The fourth-order valence-electron chi connectivity index (χ4n) is 1.40. The third-order valence-electron chi connectivity index (χ3n) is 2.29. The number of aliphatic hydroxyl groups is 1. The Morgan fingerprint density at radius 2 is 2.23 bits per heavy atom. The van der Waals surface area contributed by atoms with Crippen LogP contribution in [0.15, 0.2) is 0 Å². The number of hydrazine groups is 1. The maximum atomic E-state index is 11.3. The number of carbonyl (C=O) groups is 1. The summed E-state index contributed by atoms with van der Waals surface area (Å²) in [7, 11) is 3.45. The fraction of sp³-hybridized carbons (Fsp3) is 0.857. The number of likely N-dealkylation sites (N-methyl/N-ethyl adjacent to an activating group) is 2. The van der Waals surface area contributed by atoms with Crippen LogP contribution in [0, 0.1) is 0 Å². The van der Waals surface area contributed by atoms with Gasteiger partial charge in [-0.1, -0.05) is 0 Å². The van der Waals surface area contributed by atoms with E-state index in [1.54, 1.807) is 19.1 Å². The van der Waals surface area contributed by atoms with Crippen LogP contribution in [0.4, 0.5) is 0 Å². The average Bonchev–Trinajstić information content (AvgIpc) is 2.30. The lowest BCUT2D eigenvalue weighted by Crippen LogP contribution is -2.51. The molecule has 4 N–H and O–H groups in total. The van der Waals surface area contributed by atoms with Gasteiger partial charge < -0.3 is 10.8 Å². The second-order valence-corrected chi connectivity index (χ2v) is 3.08. The average molecular weight is 188 g/mol. The highest BCUT2D eigenvalue weighted by Crippen LogP contribution is 2.12. The SMILES string of the molecule is CN1C(=O)C(N)C(NCCO)N1C. The van der Waals surface area contributed by atoms with Gasteiger partial charge in [0, 0.05) is 20.6 Å². The largest absolute Gasteiger partial charge is 0.395 e. The maximum Gasteiger partial charge on any atom is 0.256 e. The van der Waals surface area contributed by atoms with E-state index >= 15 is 0 Å². The number of nitrogens with two attached hydrogens (primary N) is 1. The first-order valence-corrected chi connectivity index (χ1v) is 4.19. The summed E-state index contributed by atoms with van der Waals surface area (Å²) in [4.78, 5) is 11.3. The molecule has 13 heavy (non-hydrogen) atoms. The predicted octanol–water partition coefficient (Wildman–Crippen LogP) is -2.46. The number of nitrogens with one attached hydrogen (secondary N) is 1. The molecule has 0 bridgehead atoms. The van der Waals surface area contributed by atoms with Crippen LogP contribution < -0.4 is 11.1 Å². The molecule has 1 heterocycles. The van der Waals surface area contributed by atoms with E-state index in [9.17, 15) is 4.79 Å². The summed E-state index contributed by atoms with van der Waals surface area (Å²) in [6.45, 7) is 0.471. The smallest absolute Gasteiger partial charge is 0.256 e. The fourth-order valence-corrected chi connectivity index (χ4v) is 1.40. The van der Waals surface area contributed by atoms with Gasteiger partial charge in [0.2, 0.25) is 0 Å². The van der Waals surface area contributed by atoms with Crippen molar-refractivity contribution in [3.63, 3.8) is 0 Å². The normalized spacial score (nSPS) is 30.2. The Morgan fingerprint density at radius 1 is 1.62 bits per heavy atom. The molecule has 0 aromatic heterocycles. The Labute approximate surface area is 77.3 Å². The second-order valence-electron chi connectivity index (χ2n) is 3.08. The Balaban J connectivity index is 2.58. The Kier molecular flexibility index (Phi) is 3.21. The maximum absolute atomic E-state index is 11.3. The van der Waals surface area contributed by atoms with E-state index in [0.29, 0.717) is 6.54 Å². The molecule has 2 atom stereocenters. The zero-order chi connectivity index (χ0) is 10.0. The van der Waals surface area contributed by atoms with Crippen molar-refractivity contribution >= 4 is 5.91 Å². The van der Waals surface area contributed by atoms with E-state index in [4.69, 9.17) is 10.8 Å². The molecule has 1 saturated heterocycles. The van der Waals surface area contributed by atoms with Crippen molar-refractivity contribution in [2.45, 2.75) is 12.2 Å². The molecule has 0 radical (unpaired) electrons. The van der Waals surface area contributed by atoms with Crippen LogP contribution in [-0.2, 0) is 4.79 Å². The summed E-state index contributed by atoms with van der Waals surface area (Å²) < 4.78 is 0. The number of hydrogen-bond acceptors (Lipinski definition) is 5. The molecular formula is C7H16N4O2. The molecule has 2 unspecified atom stereocenters. The minimum atomic E-state index is -0.554. The van der Waals surface area contributed by atoms with Crippen LogP contribution in [0.5, 0.6) is 0 Å². The van der Waals surface area contributed by atoms with Gasteiger partial charge in [0.25, 0.3) is 5.91 Å². The topological polar surface area (TPSA) is 81.8 Å². The molecule has 0 saturated carbocycles. The van der Waals surface area contributed by atoms with Gasteiger partial charge in [0.15, 0.2) is 0 Å². The monoisotopic (exact) mass is 188 g/mol. The van der Waals surface area contributed by atoms with Crippen LogP contribution >= 0.6 is 0 Å². The van der Waals surface area contributed by atoms with E-state index in [1.807, 2.05) is 0 Å². The third-order valence-corrected chi connectivity index (χ3v) is 2.29. The first kappa shape index (κ1) is 10.4. The quantitative estimate of drug-likeness (QED) is 0.457. The summed E-state index contributed by atoms with van der Waals surface area (Å²) in [5.41, 5.74) is 5.67. The Hall–Kier alpha value is -0.690. The highest BCUT2D eigenvalue weighted by molar-refractivity contribution is 5.83. The van der Waals surface area contributed by atoms with Gasteiger partial charge in [-0.05, 0) is 0 Å². The lowest BCUT2D eigenvalue weighted by atomic mass is 10.2. The van der Waals surface area contributed by atoms with Gasteiger partial charge in [0.1, 0.15) is 12.2 Å².